The van der Waals surface area contributed by atoms with Crippen LogP contribution in [0, 0.1) is 6.92 Å². The van der Waals surface area contributed by atoms with Crippen LogP contribution in [0.3, 0.4) is 0 Å². The number of carbonyl (C=O) groups excluding carboxylic acids is 1. The van der Waals surface area contributed by atoms with Crippen LogP contribution < -0.4 is 10.1 Å². The van der Waals surface area contributed by atoms with Crippen LogP contribution in [0.2, 0.25) is 0 Å². The van der Waals surface area contributed by atoms with E-state index in [9.17, 15) is 13.2 Å². The average Bonchev–Trinajstić information content (AvgIpc) is 3.35. The number of imidazole rings is 1. The van der Waals surface area contributed by atoms with Crippen molar-refractivity contribution in [2.45, 2.75) is 32.7 Å². The number of aryl methyl sites for hydroxylation is 1. The smallest absolute Gasteiger partial charge is 0.272 e. The summed E-state index contributed by atoms with van der Waals surface area (Å²) >= 11 is 0. The van der Waals surface area contributed by atoms with Gasteiger partial charge in [-0.25, -0.2) is 18.4 Å². The summed E-state index contributed by atoms with van der Waals surface area (Å²) in [5.74, 6) is 1.22. The monoisotopic (exact) mass is 486 g/mol. The molecule has 34 heavy (non-hydrogen) atoms. The minimum Gasteiger partial charge on any atom is -0.497 e. The molecule has 3 heterocycles. The van der Waals surface area contributed by atoms with Gasteiger partial charge in [0.2, 0.25) is 0 Å². The predicted molar refractivity (Wildman–Crippen MR) is 130 cm³/mol. The molecule has 182 valence electrons. The Morgan fingerprint density at radius 3 is 2.79 bits per heavy atom. The van der Waals surface area contributed by atoms with E-state index in [1.807, 2.05) is 48.7 Å². The SMILES string of the molecule is CCOCCCNC(=O)c1nc(-c2cccc(OC)c2)cc2c1nc(C)n2C1CCS(=O)(=O)C1. The van der Waals surface area contributed by atoms with Crippen molar-refractivity contribution >= 4 is 26.8 Å². The zero-order chi connectivity index (χ0) is 24.3. The van der Waals surface area contributed by atoms with Gasteiger partial charge in [-0.3, -0.25) is 4.79 Å². The fourth-order valence-corrected chi connectivity index (χ4v) is 6.04. The summed E-state index contributed by atoms with van der Waals surface area (Å²) in [6.07, 6.45) is 1.20. The Morgan fingerprint density at radius 2 is 2.09 bits per heavy atom. The van der Waals surface area contributed by atoms with Gasteiger partial charge >= 0.3 is 0 Å². The first kappa shape index (κ1) is 24.2. The maximum Gasteiger partial charge on any atom is 0.272 e. The number of nitrogens with zero attached hydrogens (tertiary/aromatic N) is 3. The Bertz CT molecular complexity index is 1300. The highest BCUT2D eigenvalue weighted by atomic mass is 32.2. The van der Waals surface area contributed by atoms with E-state index >= 15 is 0 Å². The molecule has 1 saturated heterocycles. The molecule has 1 fully saturated rings. The predicted octanol–water partition coefficient (Wildman–Crippen LogP) is 2.93. The van der Waals surface area contributed by atoms with Crippen molar-refractivity contribution in [1.82, 2.24) is 19.9 Å². The first-order chi connectivity index (χ1) is 16.3. The van der Waals surface area contributed by atoms with Crippen LogP contribution in [0.15, 0.2) is 30.3 Å². The summed E-state index contributed by atoms with van der Waals surface area (Å²) in [4.78, 5) is 22.5. The van der Waals surface area contributed by atoms with E-state index in [0.717, 1.165) is 5.56 Å². The van der Waals surface area contributed by atoms with Crippen molar-refractivity contribution in [3.05, 3.63) is 41.9 Å². The average molecular weight is 487 g/mol. The Kier molecular flexibility index (Phi) is 7.18. The number of pyridine rings is 1. The molecule has 0 bridgehead atoms. The molecule has 0 saturated carbocycles. The van der Waals surface area contributed by atoms with Gasteiger partial charge in [0.05, 0.1) is 35.9 Å². The first-order valence-corrected chi connectivity index (χ1v) is 13.3. The van der Waals surface area contributed by atoms with Crippen LogP contribution in [0.25, 0.3) is 22.3 Å². The van der Waals surface area contributed by atoms with Crippen molar-refractivity contribution in [3.8, 4) is 17.0 Å². The zero-order valence-corrected chi connectivity index (χ0v) is 20.5. The number of hydrogen-bond donors (Lipinski definition) is 1. The van der Waals surface area contributed by atoms with Gasteiger partial charge in [0.15, 0.2) is 15.5 Å². The number of rotatable bonds is 9. The number of benzene rings is 1. The number of nitrogens with one attached hydrogen (secondary N) is 1. The van der Waals surface area contributed by atoms with Crippen LogP contribution in [0.4, 0.5) is 0 Å². The molecule has 1 unspecified atom stereocenters. The number of sulfone groups is 1. The normalized spacial score (nSPS) is 17.2. The van der Waals surface area contributed by atoms with Crippen LogP contribution in [-0.2, 0) is 14.6 Å². The molecule has 1 amide bonds. The highest BCUT2D eigenvalue weighted by Gasteiger charge is 2.32. The molecular weight excluding hydrogens is 456 g/mol. The molecule has 0 aliphatic carbocycles. The standard InChI is InChI=1S/C24H30N4O5S/c1-4-33-11-6-10-25-24(29)23-22-21(14-20(27-23)17-7-5-8-19(13-17)32-3)28(16(2)26-22)18-9-12-34(30,31)15-18/h5,7-8,13-14,18H,4,6,9-12,15H2,1-3H3,(H,25,29). The summed E-state index contributed by atoms with van der Waals surface area (Å²) in [6, 6.07) is 9.10. The maximum absolute atomic E-state index is 13.2. The van der Waals surface area contributed by atoms with E-state index in [-0.39, 0.29) is 29.1 Å². The second kappa shape index (κ2) is 10.1. The van der Waals surface area contributed by atoms with Crippen molar-refractivity contribution in [2.75, 3.05) is 38.4 Å². The van der Waals surface area contributed by atoms with Gasteiger partial charge in [0.1, 0.15) is 17.1 Å². The van der Waals surface area contributed by atoms with Crippen molar-refractivity contribution in [1.29, 1.82) is 0 Å². The number of amides is 1. The van der Waals surface area contributed by atoms with Crippen molar-refractivity contribution in [3.63, 3.8) is 0 Å². The molecule has 9 nitrogen and oxygen atoms in total. The zero-order valence-electron chi connectivity index (χ0n) is 19.7. The lowest BCUT2D eigenvalue weighted by Gasteiger charge is -2.15. The van der Waals surface area contributed by atoms with Gasteiger partial charge in [0, 0.05) is 25.3 Å². The molecule has 4 rings (SSSR count). The highest BCUT2D eigenvalue weighted by molar-refractivity contribution is 7.91. The third-order valence-corrected chi connectivity index (χ3v) is 7.71. The molecule has 1 atom stereocenters. The number of ether oxygens (including phenoxy) is 2. The number of methoxy groups -OCH3 is 1. The van der Waals surface area contributed by atoms with Gasteiger partial charge in [0.25, 0.3) is 5.91 Å². The maximum atomic E-state index is 13.2. The summed E-state index contributed by atoms with van der Waals surface area (Å²) in [5.41, 5.74) is 2.76. The molecule has 3 aromatic rings. The van der Waals surface area contributed by atoms with E-state index in [0.29, 0.717) is 60.9 Å². The lowest BCUT2D eigenvalue weighted by atomic mass is 10.1. The van der Waals surface area contributed by atoms with E-state index in [1.54, 1.807) is 7.11 Å². The molecule has 0 spiro atoms. The molecule has 1 aliphatic rings. The van der Waals surface area contributed by atoms with Crippen LogP contribution in [0.1, 0.15) is 42.1 Å². The summed E-state index contributed by atoms with van der Waals surface area (Å²) in [7, 11) is -1.50. The van der Waals surface area contributed by atoms with E-state index < -0.39 is 9.84 Å². The second-order valence-corrected chi connectivity index (χ2v) is 10.6. The summed E-state index contributed by atoms with van der Waals surface area (Å²) < 4.78 is 37.0. The minimum absolute atomic E-state index is 0.0646. The topological polar surface area (TPSA) is 112 Å². The van der Waals surface area contributed by atoms with Gasteiger partial charge in [-0.1, -0.05) is 12.1 Å². The van der Waals surface area contributed by atoms with Crippen molar-refractivity contribution in [2.24, 2.45) is 0 Å². The van der Waals surface area contributed by atoms with Gasteiger partial charge in [-0.2, -0.15) is 0 Å². The third-order valence-electron chi connectivity index (χ3n) is 5.96. The number of aromatic nitrogens is 3. The summed E-state index contributed by atoms with van der Waals surface area (Å²) in [6.45, 7) is 5.41. The van der Waals surface area contributed by atoms with Crippen LogP contribution in [0.5, 0.6) is 5.75 Å². The largest absolute Gasteiger partial charge is 0.497 e. The van der Waals surface area contributed by atoms with Crippen molar-refractivity contribution < 1.29 is 22.7 Å². The lowest BCUT2D eigenvalue weighted by molar-refractivity contribution is 0.0941. The van der Waals surface area contributed by atoms with Gasteiger partial charge < -0.3 is 19.4 Å². The molecule has 10 heteroatoms. The molecule has 0 radical (unpaired) electrons. The fourth-order valence-electron chi connectivity index (χ4n) is 4.34. The molecule has 2 aromatic heterocycles. The van der Waals surface area contributed by atoms with Crippen LogP contribution >= 0.6 is 0 Å². The van der Waals surface area contributed by atoms with E-state index in [1.165, 1.54) is 0 Å². The highest BCUT2D eigenvalue weighted by Crippen LogP contribution is 2.33. The molecule has 1 aromatic carbocycles. The fraction of sp³-hybridized carbons (Fsp3) is 0.458. The number of fused-ring (bicyclic) bond motifs is 1. The van der Waals surface area contributed by atoms with E-state index in [4.69, 9.17) is 9.47 Å². The summed E-state index contributed by atoms with van der Waals surface area (Å²) in [5, 5.41) is 2.91. The van der Waals surface area contributed by atoms with E-state index in [2.05, 4.69) is 15.3 Å². The molecule has 1 N–H and O–H groups in total. The lowest BCUT2D eigenvalue weighted by Crippen LogP contribution is -2.26. The number of hydrogen-bond acceptors (Lipinski definition) is 7. The second-order valence-electron chi connectivity index (χ2n) is 8.35. The quantitative estimate of drug-likeness (QED) is 0.463. The third kappa shape index (κ3) is 5.07. The molecular formula is C24H30N4O5S. The van der Waals surface area contributed by atoms with Crippen LogP contribution in [-0.4, -0.2) is 67.2 Å². The Balaban J connectivity index is 1.79. The Hall–Kier alpha value is -2.98. The van der Waals surface area contributed by atoms with Gasteiger partial charge in [-0.15, -0.1) is 0 Å². The number of carbonyl (C=O) groups is 1. The molecule has 1 aliphatic heterocycles. The van der Waals surface area contributed by atoms with Gasteiger partial charge in [-0.05, 0) is 44.9 Å². The Morgan fingerprint density at radius 1 is 1.26 bits per heavy atom. The first-order valence-electron chi connectivity index (χ1n) is 11.4. The Labute approximate surface area is 199 Å². The minimum atomic E-state index is -3.10.